The molecule has 1 unspecified atom stereocenters. The van der Waals surface area contributed by atoms with Gasteiger partial charge in [0.05, 0.1) is 10.2 Å². The van der Waals surface area contributed by atoms with Gasteiger partial charge in [-0.25, -0.2) is 4.39 Å². The van der Waals surface area contributed by atoms with Crippen molar-refractivity contribution in [3.05, 3.63) is 22.4 Å². The third kappa shape index (κ3) is 1.80. The molecule has 0 aliphatic carbocycles. The average Bonchev–Trinajstić information content (AvgIpc) is 2.23. The molecule has 0 radical (unpaired) electrons. The van der Waals surface area contributed by atoms with Crippen LogP contribution in [0.5, 0.6) is 0 Å². The van der Waals surface area contributed by atoms with Crippen LogP contribution < -0.4 is 10.6 Å². The van der Waals surface area contributed by atoms with Crippen LogP contribution >= 0.6 is 15.9 Å². The minimum absolute atomic E-state index is 0.153. The summed E-state index contributed by atoms with van der Waals surface area (Å²) in [7, 11) is 0. The van der Waals surface area contributed by atoms with Crippen molar-refractivity contribution in [2.24, 2.45) is 5.92 Å². The van der Waals surface area contributed by atoms with E-state index in [1.807, 2.05) is 13.8 Å². The summed E-state index contributed by atoms with van der Waals surface area (Å²) < 4.78 is 14.0. The van der Waals surface area contributed by atoms with Crippen LogP contribution in [0.2, 0.25) is 0 Å². The van der Waals surface area contributed by atoms with E-state index in [9.17, 15) is 9.18 Å². The number of fused-ring (bicyclic) bond motifs is 1. The van der Waals surface area contributed by atoms with Crippen molar-refractivity contribution >= 4 is 33.2 Å². The van der Waals surface area contributed by atoms with Crippen molar-refractivity contribution in [3.63, 3.8) is 0 Å². The van der Waals surface area contributed by atoms with Gasteiger partial charge in [-0.3, -0.25) is 4.79 Å². The van der Waals surface area contributed by atoms with Gasteiger partial charge in [-0.15, -0.1) is 0 Å². The fraction of sp³-hybridized carbons (Fsp3) is 0.364. The highest BCUT2D eigenvalue weighted by atomic mass is 79.9. The van der Waals surface area contributed by atoms with Gasteiger partial charge >= 0.3 is 0 Å². The van der Waals surface area contributed by atoms with Gasteiger partial charge in [0.25, 0.3) is 0 Å². The fourth-order valence-corrected chi connectivity index (χ4v) is 2.03. The molecule has 86 valence electrons. The van der Waals surface area contributed by atoms with Crippen molar-refractivity contribution in [3.8, 4) is 0 Å². The summed E-state index contributed by atoms with van der Waals surface area (Å²) >= 11 is 3.08. The predicted octanol–water partition coefficient (Wildman–Crippen LogP) is 2.98. The maximum atomic E-state index is 13.7. The first-order valence-electron chi connectivity index (χ1n) is 5.06. The van der Waals surface area contributed by atoms with Crippen LogP contribution in [0.25, 0.3) is 0 Å². The van der Waals surface area contributed by atoms with Crippen molar-refractivity contribution in [2.45, 2.75) is 19.9 Å². The minimum atomic E-state index is -0.444. The summed E-state index contributed by atoms with van der Waals surface area (Å²) in [5, 5.41) is 5.64. The highest BCUT2D eigenvalue weighted by Crippen LogP contribution is 2.34. The Balaban J connectivity index is 2.42. The largest absolute Gasteiger partial charge is 0.372 e. The Morgan fingerprint density at radius 1 is 1.44 bits per heavy atom. The number of benzene rings is 1. The molecule has 1 atom stereocenters. The lowest BCUT2D eigenvalue weighted by atomic mass is 10.0. The molecule has 0 fully saturated rings. The third-order valence-electron chi connectivity index (χ3n) is 2.60. The second-order valence-electron chi connectivity index (χ2n) is 4.14. The summed E-state index contributed by atoms with van der Waals surface area (Å²) in [6.07, 6.45) is 0. The van der Waals surface area contributed by atoms with Crippen LogP contribution in [0.1, 0.15) is 13.8 Å². The lowest BCUT2D eigenvalue weighted by molar-refractivity contribution is -0.117. The van der Waals surface area contributed by atoms with Crippen molar-refractivity contribution in [1.29, 1.82) is 0 Å². The molecular weight excluding hydrogens is 275 g/mol. The monoisotopic (exact) mass is 286 g/mol. The second kappa shape index (κ2) is 4.05. The number of carbonyl (C=O) groups excluding carboxylic acids is 1. The van der Waals surface area contributed by atoms with E-state index in [0.29, 0.717) is 10.2 Å². The first-order valence-corrected chi connectivity index (χ1v) is 5.85. The number of halogens is 2. The smallest absolute Gasteiger partial charge is 0.247 e. The number of hydrogen-bond acceptors (Lipinski definition) is 2. The predicted molar refractivity (Wildman–Crippen MR) is 65.0 cm³/mol. The molecule has 1 aliphatic rings. The van der Waals surface area contributed by atoms with E-state index in [1.54, 1.807) is 12.1 Å². The zero-order valence-electron chi connectivity index (χ0n) is 8.97. The van der Waals surface area contributed by atoms with Crippen LogP contribution in [0.15, 0.2) is 16.6 Å². The molecule has 2 N–H and O–H groups in total. The summed E-state index contributed by atoms with van der Waals surface area (Å²) in [6, 6.07) is 3.06. The molecule has 2 rings (SSSR count). The Hall–Kier alpha value is -1.10. The number of amides is 1. The average molecular weight is 287 g/mol. The van der Waals surface area contributed by atoms with E-state index in [2.05, 4.69) is 26.6 Å². The number of hydrogen-bond donors (Lipinski definition) is 2. The number of anilines is 2. The first kappa shape index (κ1) is 11.4. The molecule has 0 aromatic heterocycles. The van der Waals surface area contributed by atoms with Gasteiger partial charge in [0.1, 0.15) is 11.7 Å². The molecule has 16 heavy (non-hydrogen) atoms. The zero-order chi connectivity index (χ0) is 11.9. The van der Waals surface area contributed by atoms with Gasteiger partial charge in [0.2, 0.25) is 5.91 Å². The number of nitrogens with one attached hydrogen (secondary N) is 2. The van der Waals surface area contributed by atoms with Gasteiger partial charge < -0.3 is 10.6 Å². The molecule has 1 amide bonds. The Morgan fingerprint density at radius 3 is 2.75 bits per heavy atom. The molecule has 1 aromatic rings. The van der Waals surface area contributed by atoms with E-state index in [4.69, 9.17) is 0 Å². The quantitative estimate of drug-likeness (QED) is 0.833. The number of rotatable bonds is 1. The van der Waals surface area contributed by atoms with Crippen LogP contribution in [0, 0.1) is 11.7 Å². The molecule has 3 nitrogen and oxygen atoms in total. The molecular formula is C11H12BrFN2O. The lowest BCUT2D eigenvalue weighted by Crippen LogP contribution is -2.42. The molecule has 0 bridgehead atoms. The standard InChI is InChI=1S/C11H12BrFN2O/c1-5(2)9-11(16)15-10-7(14-9)4-3-6(12)8(10)13/h3-5,9,14H,1-2H3,(H,15,16). The second-order valence-corrected chi connectivity index (χ2v) is 4.99. The molecule has 1 aromatic carbocycles. The SMILES string of the molecule is CC(C)C1Nc2ccc(Br)c(F)c2NC1=O. The minimum Gasteiger partial charge on any atom is -0.372 e. The molecule has 5 heteroatoms. The molecule has 0 spiro atoms. The lowest BCUT2D eigenvalue weighted by Gasteiger charge is -2.29. The van der Waals surface area contributed by atoms with Gasteiger partial charge in [-0.2, -0.15) is 0 Å². The van der Waals surface area contributed by atoms with Gasteiger partial charge in [0, 0.05) is 0 Å². The third-order valence-corrected chi connectivity index (χ3v) is 3.22. The van der Waals surface area contributed by atoms with Crippen LogP contribution in [-0.2, 0) is 4.79 Å². The molecule has 0 saturated heterocycles. The van der Waals surface area contributed by atoms with E-state index >= 15 is 0 Å². The maximum absolute atomic E-state index is 13.7. The Bertz CT molecular complexity index is 448. The molecule has 1 aliphatic heterocycles. The summed E-state index contributed by atoms with van der Waals surface area (Å²) in [5.41, 5.74) is 0.843. The van der Waals surface area contributed by atoms with Crippen LogP contribution in [0.3, 0.4) is 0 Å². The topological polar surface area (TPSA) is 41.1 Å². The molecule has 0 saturated carbocycles. The van der Waals surface area contributed by atoms with Crippen LogP contribution in [-0.4, -0.2) is 11.9 Å². The van der Waals surface area contributed by atoms with Crippen molar-refractivity contribution in [2.75, 3.05) is 10.6 Å². The van der Waals surface area contributed by atoms with Gasteiger partial charge in [-0.05, 0) is 34.0 Å². The first-order chi connectivity index (χ1) is 7.50. The zero-order valence-corrected chi connectivity index (χ0v) is 10.6. The van der Waals surface area contributed by atoms with Crippen LogP contribution in [0.4, 0.5) is 15.8 Å². The van der Waals surface area contributed by atoms with E-state index in [0.717, 1.165) is 0 Å². The Morgan fingerprint density at radius 2 is 2.12 bits per heavy atom. The fourth-order valence-electron chi connectivity index (χ4n) is 1.70. The Kier molecular flexibility index (Phi) is 2.88. The normalized spacial score (nSPS) is 19.1. The number of carbonyl (C=O) groups is 1. The summed E-state index contributed by atoms with van der Waals surface area (Å²) in [5.74, 6) is -0.486. The highest BCUT2D eigenvalue weighted by Gasteiger charge is 2.29. The highest BCUT2D eigenvalue weighted by molar-refractivity contribution is 9.10. The molecule has 1 heterocycles. The Labute approximate surface area is 102 Å². The van der Waals surface area contributed by atoms with Gasteiger partial charge in [0.15, 0.2) is 5.82 Å². The van der Waals surface area contributed by atoms with Gasteiger partial charge in [-0.1, -0.05) is 13.8 Å². The summed E-state index contributed by atoms with van der Waals surface area (Å²) in [4.78, 5) is 11.7. The van der Waals surface area contributed by atoms with Crippen molar-refractivity contribution < 1.29 is 9.18 Å². The maximum Gasteiger partial charge on any atom is 0.247 e. The van der Waals surface area contributed by atoms with E-state index in [1.165, 1.54) is 0 Å². The summed E-state index contributed by atoms with van der Waals surface area (Å²) in [6.45, 7) is 3.88. The van der Waals surface area contributed by atoms with Crippen molar-refractivity contribution in [1.82, 2.24) is 0 Å². The van der Waals surface area contributed by atoms with E-state index < -0.39 is 5.82 Å². The van der Waals surface area contributed by atoms with E-state index in [-0.39, 0.29) is 23.6 Å².